The number of amides is 2. The van der Waals surface area contributed by atoms with Gasteiger partial charge in [-0.25, -0.2) is 0 Å². The van der Waals surface area contributed by atoms with E-state index in [-0.39, 0.29) is 23.7 Å². The third-order valence-electron chi connectivity index (χ3n) is 4.67. The molecule has 0 radical (unpaired) electrons. The summed E-state index contributed by atoms with van der Waals surface area (Å²) in [4.78, 5) is 38.9. The molecule has 0 atom stereocenters. The molecule has 0 aliphatic carbocycles. The number of carbonyl (C=O) groups excluding carboxylic acids is 2. The van der Waals surface area contributed by atoms with E-state index >= 15 is 0 Å². The number of nitro benzene ring substituents is 1. The van der Waals surface area contributed by atoms with Crippen molar-refractivity contribution in [3.05, 3.63) is 88.0 Å². The number of aryl methyl sites for hydroxylation is 1. The van der Waals surface area contributed by atoms with Gasteiger partial charge in [-0.3, -0.25) is 24.6 Å². The van der Waals surface area contributed by atoms with E-state index in [1.807, 2.05) is 31.2 Å². The van der Waals surface area contributed by atoms with Gasteiger partial charge in [0.05, 0.1) is 21.2 Å². The summed E-state index contributed by atoms with van der Waals surface area (Å²) in [6.07, 6.45) is 0. The summed E-state index contributed by atoms with van der Waals surface area (Å²) >= 11 is 1.27. The van der Waals surface area contributed by atoms with Gasteiger partial charge >= 0.3 is 0 Å². The zero-order valence-corrected chi connectivity index (χ0v) is 16.8. The molecular weight excluding hydrogens is 402 g/mol. The lowest BCUT2D eigenvalue weighted by Crippen LogP contribution is -2.42. The van der Waals surface area contributed by atoms with Gasteiger partial charge in [0.15, 0.2) is 0 Å². The molecule has 0 saturated heterocycles. The lowest BCUT2D eigenvalue weighted by Gasteiger charge is -2.29. The van der Waals surface area contributed by atoms with Crippen molar-refractivity contribution in [2.75, 3.05) is 16.8 Å². The highest BCUT2D eigenvalue weighted by molar-refractivity contribution is 7.99. The average molecular weight is 419 g/mol. The number of fused-ring (bicyclic) bond motifs is 1. The van der Waals surface area contributed by atoms with E-state index in [4.69, 9.17) is 0 Å². The van der Waals surface area contributed by atoms with Crippen molar-refractivity contribution in [3.8, 4) is 0 Å². The highest BCUT2D eigenvalue weighted by Gasteiger charge is 2.29. The molecule has 0 bridgehead atoms. The molecule has 1 aliphatic rings. The Morgan fingerprint density at radius 3 is 2.57 bits per heavy atom. The van der Waals surface area contributed by atoms with Crippen LogP contribution < -0.4 is 10.2 Å². The zero-order valence-electron chi connectivity index (χ0n) is 16.0. The summed E-state index contributed by atoms with van der Waals surface area (Å²) < 4.78 is 0. The van der Waals surface area contributed by atoms with Crippen LogP contribution in [-0.4, -0.2) is 23.3 Å². The summed E-state index contributed by atoms with van der Waals surface area (Å²) in [5, 5.41) is 14.4. The van der Waals surface area contributed by atoms with Crippen LogP contribution in [0, 0.1) is 17.0 Å². The molecule has 7 nitrogen and oxygen atoms in total. The fourth-order valence-electron chi connectivity index (χ4n) is 3.18. The summed E-state index contributed by atoms with van der Waals surface area (Å²) in [7, 11) is 0. The van der Waals surface area contributed by atoms with Crippen LogP contribution in [0.15, 0.2) is 76.5 Å². The molecule has 1 heterocycles. The predicted molar refractivity (Wildman–Crippen MR) is 115 cm³/mol. The molecule has 30 heavy (non-hydrogen) atoms. The van der Waals surface area contributed by atoms with Crippen molar-refractivity contribution in [3.63, 3.8) is 0 Å². The number of rotatable bonds is 4. The highest BCUT2D eigenvalue weighted by Crippen LogP contribution is 2.36. The third kappa shape index (κ3) is 3.90. The fraction of sp³-hybridized carbons (Fsp3) is 0.0909. The van der Waals surface area contributed by atoms with Crippen molar-refractivity contribution in [1.82, 2.24) is 0 Å². The van der Waals surface area contributed by atoms with Gasteiger partial charge in [0.2, 0.25) is 5.91 Å². The van der Waals surface area contributed by atoms with Crippen LogP contribution >= 0.6 is 11.8 Å². The van der Waals surface area contributed by atoms with Crippen LogP contribution in [-0.2, 0) is 4.79 Å². The molecule has 3 aromatic carbocycles. The van der Waals surface area contributed by atoms with Crippen molar-refractivity contribution in [1.29, 1.82) is 0 Å². The summed E-state index contributed by atoms with van der Waals surface area (Å²) in [5.41, 5.74) is 2.19. The molecule has 2 amide bonds. The van der Waals surface area contributed by atoms with E-state index in [1.165, 1.54) is 22.7 Å². The lowest BCUT2D eigenvalue weighted by atomic mass is 10.1. The second-order valence-corrected chi connectivity index (χ2v) is 7.93. The van der Waals surface area contributed by atoms with E-state index in [0.29, 0.717) is 16.3 Å². The number of benzene rings is 3. The van der Waals surface area contributed by atoms with Gasteiger partial charge < -0.3 is 5.32 Å². The quantitative estimate of drug-likeness (QED) is 0.491. The molecule has 8 heteroatoms. The SMILES string of the molecule is Cc1ccc(Sc2ccc(C(=O)N3CC(=O)Nc4ccccc43)cc2[N+](=O)[O-])cc1. The molecule has 4 rings (SSSR count). The monoisotopic (exact) mass is 419 g/mol. The van der Waals surface area contributed by atoms with Crippen molar-refractivity contribution in [2.45, 2.75) is 16.7 Å². The first-order chi connectivity index (χ1) is 14.4. The van der Waals surface area contributed by atoms with E-state index < -0.39 is 10.8 Å². The van der Waals surface area contributed by atoms with E-state index in [9.17, 15) is 19.7 Å². The van der Waals surface area contributed by atoms with Gasteiger partial charge in [-0.1, -0.05) is 41.6 Å². The van der Waals surface area contributed by atoms with Gasteiger partial charge in [-0.2, -0.15) is 0 Å². The fourth-order valence-corrected chi connectivity index (χ4v) is 4.08. The maximum absolute atomic E-state index is 13.1. The summed E-state index contributed by atoms with van der Waals surface area (Å²) in [6, 6.07) is 19.0. The smallest absolute Gasteiger partial charge is 0.284 e. The molecule has 1 aliphatic heterocycles. The third-order valence-corrected chi connectivity index (χ3v) is 5.74. The number of nitrogens with one attached hydrogen (secondary N) is 1. The molecule has 0 unspecified atom stereocenters. The summed E-state index contributed by atoms with van der Waals surface area (Å²) in [5.74, 6) is -0.782. The molecule has 0 saturated carbocycles. The molecule has 1 N–H and O–H groups in total. The highest BCUT2D eigenvalue weighted by atomic mass is 32.2. The number of hydrogen-bond donors (Lipinski definition) is 1. The first-order valence-corrected chi connectivity index (χ1v) is 9.98. The minimum atomic E-state index is -0.496. The van der Waals surface area contributed by atoms with Crippen molar-refractivity contribution < 1.29 is 14.5 Å². The van der Waals surface area contributed by atoms with Crippen LogP contribution in [0.2, 0.25) is 0 Å². The Bertz CT molecular complexity index is 1160. The standard InChI is InChI=1S/C22H17N3O4S/c1-14-6-9-16(10-7-14)30-20-11-8-15(12-19(20)25(28)29)22(27)24-13-21(26)23-17-4-2-3-5-18(17)24/h2-12H,13H2,1H3,(H,23,26). The maximum atomic E-state index is 13.1. The Balaban J connectivity index is 1.67. The van der Waals surface area contributed by atoms with Crippen LogP contribution in [0.3, 0.4) is 0 Å². The number of nitrogens with zero attached hydrogens (tertiary/aromatic N) is 2. The first kappa shape index (κ1) is 19.7. The van der Waals surface area contributed by atoms with Crippen molar-refractivity contribution >= 4 is 40.6 Å². The van der Waals surface area contributed by atoms with Gasteiger partial charge in [0.1, 0.15) is 6.54 Å². The Kier molecular flexibility index (Phi) is 5.24. The lowest BCUT2D eigenvalue weighted by molar-refractivity contribution is -0.387. The van der Waals surface area contributed by atoms with E-state index in [0.717, 1.165) is 10.5 Å². The number of hydrogen-bond acceptors (Lipinski definition) is 5. The number of para-hydroxylation sites is 2. The minimum Gasteiger partial charge on any atom is -0.323 e. The van der Waals surface area contributed by atoms with Gasteiger partial charge in [0, 0.05) is 16.5 Å². The second-order valence-electron chi connectivity index (χ2n) is 6.81. The van der Waals surface area contributed by atoms with E-state index in [2.05, 4.69) is 5.32 Å². The zero-order chi connectivity index (χ0) is 21.3. The maximum Gasteiger partial charge on any atom is 0.284 e. The molecule has 0 spiro atoms. The number of nitro groups is 1. The normalized spacial score (nSPS) is 12.8. The molecule has 0 fully saturated rings. The summed E-state index contributed by atoms with van der Waals surface area (Å²) in [6.45, 7) is 1.82. The largest absolute Gasteiger partial charge is 0.323 e. The Morgan fingerprint density at radius 1 is 1.10 bits per heavy atom. The Hall–Kier alpha value is -3.65. The predicted octanol–water partition coefficient (Wildman–Crippen LogP) is 4.65. The Labute approximate surface area is 176 Å². The van der Waals surface area contributed by atoms with Crippen LogP contribution in [0.5, 0.6) is 0 Å². The van der Waals surface area contributed by atoms with Gasteiger partial charge in [-0.15, -0.1) is 0 Å². The van der Waals surface area contributed by atoms with Crippen LogP contribution in [0.25, 0.3) is 0 Å². The van der Waals surface area contributed by atoms with Gasteiger partial charge in [-0.05, 0) is 43.3 Å². The molecule has 150 valence electrons. The average Bonchev–Trinajstić information content (AvgIpc) is 2.74. The molecule has 3 aromatic rings. The van der Waals surface area contributed by atoms with Crippen molar-refractivity contribution in [2.24, 2.45) is 0 Å². The van der Waals surface area contributed by atoms with E-state index in [1.54, 1.807) is 36.4 Å². The minimum absolute atomic E-state index is 0.149. The van der Waals surface area contributed by atoms with Gasteiger partial charge in [0.25, 0.3) is 11.6 Å². The number of anilines is 2. The molecule has 0 aromatic heterocycles. The first-order valence-electron chi connectivity index (χ1n) is 9.16. The number of carbonyl (C=O) groups is 2. The molecular formula is C22H17N3O4S. The topological polar surface area (TPSA) is 92.6 Å². The van der Waals surface area contributed by atoms with Crippen LogP contribution in [0.1, 0.15) is 15.9 Å². The second kappa shape index (κ2) is 8.00. The van der Waals surface area contributed by atoms with Crippen LogP contribution in [0.4, 0.5) is 17.1 Å². The Morgan fingerprint density at radius 2 is 1.83 bits per heavy atom.